The lowest BCUT2D eigenvalue weighted by atomic mass is 10.2. The van der Waals surface area contributed by atoms with Gasteiger partial charge in [-0.15, -0.1) is 11.3 Å². The van der Waals surface area contributed by atoms with Crippen molar-refractivity contribution in [3.05, 3.63) is 35.2 Å². The van der Waals surface area contributed by atoms with Gasteiger partial charge in [-0.1, -0.05) is 13.8 Å². The average Bonchev–Trinajstić information content (AvgIpc) is 3.31. The first-order chi connectivity index (χ1) is 17.3. The predicted molar refractivity (Wildman–Crippen MR) is 139 cm³/mol. The summed E-state index contributed by atoms with van der Waals surface area (Å²) < 4.78 is 5.14. The van der Waals surface area contributed by atoms with E-state index >= 15 is 0 Å². The van der Waals surface area contributed by atoms with Crippen LogP contribution in [-0.2, 0) is 4.84 Å². The Hall–Kier alpha value is -4.13. The lowest BCUT2D eigenvalue weighted by Crippen LogP contribution is -2.50. The van der Waals surface area contributed by atoms with Crippen molar-refractivity contribution in [1.82, 2.24) is 20.3 Å². The van der Waals surface area contributed by atoms with Crippen molar-refractivity contribution >= 4 is 56.8 Å². The molecule has 1 fully saturated rings. The molecule has 0 bridgehead atoms. The van der Waals surface area contributed by atoms with Crippen LogP contribution in [0.15, 0.2) is 29.6 Å². The zero-order valence-electron chi connectivity index (χ0n) is 20.2. The number of hydrogen-bond acceptors (Lipinski definition) is 10. The van der Waals surface area contributed by atoms with Crippen LogP contribution in [-0.4, -0.2) is 66.0 Å². The van der Waals surface area contributed by atoms with Gasteiger partial charge in [0.2, 0.25) is 5.95 Å². The highest BCUT2D eigenvalue weighted by Crippen LogP contribution is 2.33. The number of amides is 2. The first-order valence-electron chi connectivity index (χ1n) is 11.3. The van der Waals surface area contributed by atoms with E-state index in [9.17, 15) is 9.59 Å². The van der Waals surface area contributed by atoms with E-state index < -0.39 is 5.97 Å². The maximum Gasteiger partial charge on any atom is 0.364 e. The minimum atomic E-state index is -0.640. The molecule has 0 atom stereocenters. The Morgan fingerprint density at radius 1 is 1.14 bits per heavy atom. The molecular formula is C23H28N8O4S. The number of nitrogens with one attached hydrogen (secondary N) is 3. The molecule has 3 aromatic rings. The number of nitrogens with two attached hydrogens (primary N) is 1. The number of nitrogens with zero attached hydrogens (tertiary/aromatic N) is 4. The van der Waals surface area contributed by atoms with Gasteiger partial charge in [0.15, 0.2) is 0 Å². The molecule has 0 saturated carbocycles. The van der Waals surface area contributed by atoms with E-state index in [4.69, 9.17) is 20.7 Å². The minimum absolute atomic E-state index is 0.0904. The summed E-state index contributed by atoms with van der Waals surface area (Å²) in [5, 5.41) is 12.9. The number of rotatable bonds is 5. The van der Waals surface area contributed by atoms with Crippen LogP contribution in [0.25, 0.3) is 10.2 Å². The number of hydrogen-bond donors (Lipinski definition) is 4. The van der Waals surface area contributed by atoms with Gasteiger partial charge in [-0.2, -0.15) is 4.98 Å². The quantitative estimate of drug-likeness (QED) is 0.229. The highest BCUT2D eigenvalue weighted by Gasteiger charge is 2.27. The summed E-state index contributed by atoms with van der Waals surface area (Å²) in [4.78, 5) is 43.6. The number of amidine groups is 1. The van der Waals surface area contributed by atoms with Gasteiger partial charge in [-0.25, -0.2) is 20.1 Å². The van der Waals surface area contributed by atoms with Crippen molar-refractivity contribution in [3.8, 4) is 5.75 Å². The molecule has 36 heavy (non-hydrogen) atoms. The Balaban J connectivity index is 1.46. The van der Waals surface area contributed by atoms with Crippen molar-refractivity contribution in [2.45, 2.75) is 13.8 Å². The van der Waals surface area contributed by atoms with E-state index in [2.05, 4.69) is 20.8 Å². The highest BCUT2D eigenvalue weighted by atomic mass is 32.1. The molecule has 2 amide bonds. The molecule has 1 aliphatic heterocycles. The normalized spacial score (nSPS) is 13.6. The van der Waals surface area contributed by atoms with Crippen molar-refractivity contribution in [2.75, 3.05) is 49.2 Å². The largest absolute Gasteiger partial charge is 0.497 e. The van der Waals surface area contributed by atoms with Crippen molar-refractivity contribution in [2.24, 2.45) is 5.92 Å². The minimum Gasteiger partial charge on any atom is -0.497 e. The van der Waals surface area contributed by atoms with Crippen molar-refractivity contribution < 1.29 is 19.2 Å². The molecule has 1 saturated heterocycles. The number of fused-ring (bicyclic) bond motifs is 1. The fourth-order valence-electron chi connectivity index (χ4n) is 3.59. The number of carbonyl (C=O) groups excluding carboxylic acids is 2. The summed E-state index contributed by atoms with van der Waals surface area (Å²) in [5.41, 5.74) is 9.30. The van der Waals surface area contributed by atoms with Crippen molar-refractivity contribution in [1.29, 1.82) is 5.41 Å². The molecule has 3 heterocycles. The summed E-state index contributed by atoms with van der Waals surface area (Å²) in [6, 6.07) is 6.92. The number of thiophene rings is 1. The molecule has 1 aliphatic rings. The molecular weight excluding hydrogens is 484 g/mol. The number of methoxy groups -OCH3 is 1. The van der Waals surface area contributed by atoms with Crippen LogP contribution in [0.3, 0.4) is 0 Å². The summed E-state index contributed by atoms with van der Waals surface area (Å²) in [7, 11) is 1.59. The van der Waals surface area contributed by atoms with Gasteiger partial charge < -0.3 is 30.4 Å². The summed E-state index contributed by atoms with van der Waals surface area (Å²) in [6.45, 7) is 5.50. The molecule has 0 radical (unpaired) electrons. The smallest absolute Gasteiger partial charge is 0.364 e. The van der Waals surface area contributed by atoms with E-state index in [1.165, 1.54) is 11.3 Å². The number of urea groups is 1. The first kappa shape index (κ1) is 25.0. The number of piperazine rings is 1. The van der Waals surface area contributed by atoms with Crippen LogP contribution in [0.4, 0.5) is 22.2 Å². The number of hydroxylamine groups is 1. The van der Waals surface area contributed by atoms with Crippen LogP contribution in [0.2, 0.25) is 0 Å². The number of ether oxygens (including phenoxy) is 1. The third kappa shape index (κ3) is 5.40. The second-order valence-electron chi connectivity index (χ2n) is 8.43. The van der Waals surface area contributed by atoms with Gasteiger partial charge in [-0.05, 0) is 24.3 Å². The van der Waals surface area contributed by atoms with Crippen LogP contribution < -0.4 is 26.2 Å². The number of nitrogen functional groups attached to an aromatic ring is 1. The van der Waals surface area contributed by atoms with Gasteiger partial charge in [0, 0.05) is 43.2 Å². The van der Waals surface area contributed by atoms with E-state index in [-0.39, 0.29) is 29.3 Å². The molecule has 0 aliphatic carbocycles. The third-order valence-corrected chi connectivity index (χ3v) is 6.56. The third-order valence-electron chi connectivity index (χ3n) is 5.69. The highest BCUT2D eigenvalue weighted by molar-refractivity contribution is 7.17. The van der Waals surface area contributed by atoms with Gasteiger partial charge >= 0.3 is 12.0 Å². The summed E-state index contributed by atoms with van der Waals surface area (Å²) >= 11 is 1.26. The topological polar surface area (TPSA) is 159 Å². The number of benzene rings is 1. The van der Waals surface area contributed by atoms with Gasteiger partial charge in [0.05, 0.1) is 18.1 Å². The molecule has 0 unspecified atom stereocenters. The second-order valence-corrected chi connectivity index (χ2v) is 9.29. The molecule has 5 N–H and O–H groups in total. The molecule has 2 aromatic heterocycles. The zero-order chi connectivity index (χ0) is 25.8. The SMILES string of the molecule is COc1ccc(NC(=O)N2CCN(c3nc(N)nc4scc(C(=O)ONC(=N)C(C)C)c34)CC2)cc1. The fraction of sp³-hybridized carbons (Fsp3) is 0.348. The number of carbonyl (C=O) groups is 2. The van der Waals surface area contributed by atoms with Crippen LogP contribution in [0.1, 0.15) is 24.2 Å². The Morgan fingerprint density at radius 2 is 1.83 bits per heavy atom. The predicted octanol–water partition coefficient (Wildman–Crippen LogP) is 2.93. The lowest BCUT2D eigenvalue weighted by Gasteiger charge is -2.35. The van der Waals surface area contributed by atoms with E-state index in [1.807, 2.05) is 18.7 Å². The zero-order valence-corrected chi connectivity index (χ0v) is 21.0. The Bertz CT molecular complexity index is 1270. The second kappa shape index (κ2) is 10.6. The van der Waals surface area contributed by atoms with Crippen LogP contribution in [0, 0.1) is 11.3 Å². The number of aromatic nitrogens is 2. The lowest BCUT2D eigenvalue weighted by molar-refractivity contribution is 0.0380. The molecule has 190 valence electrons. The molecule has 4 rings (SSSR count). The van der Waals surface area contributed by atoms with Gasteiger partial charge in [0.1, 0.15) is 22.2 Å². The molecule has 12 nitrogen and oxygen atoms in total. The summed E-state index contributed by atoms with van der Waals surface area (Å²) in [6.07, 6.45) is 0. The maximum absolute atomic E-state index is 12.8. The van der Waals surface area contributed by atoms with Crippen LogP contribution in [0.5, 0.6) is 5.75 Å². The first-order valence-corrected chi connectivity index (χ1v) is 12.2. The average molecular weight is 513 g/mol. The Morgan fingerprint density at radius 3 is 2.47 bits per heavy atom. The van der Waals surface area contributed by atoms with Crippen LogP contribution >= 0.6 is 11.3 Å². The van der Waals surface area contributed by atoms with Gasteiger partial charge in [-0.3, -0.25) is 5.41 Å². The molecule has 0 spiro atoms. The monoisotopic (exact) mass is 512 g/mol. The Labute approximate surface area is 211 Å². The Kier molecular flexibility index (Phi) is 7.38. The number of anilines is 3. The fourth-order valence-corrected chi connectivity index (χ4v) is 4.50. The summed E-state index contributed by atoms with van der Waals surface area (Å²) in [5.74, 6) is 0.654. The molecule has 1 aromatic carbocycles. The maximum atomic E-state index is 12.8. The van der Waals surface area contributed by atoms with Gasteiger partial charge in [0.25, 0.3) is 0 Å². The van der Waals surface area contributed by atoms with E-state index in [0.29, 0.717) is 53.7 Å². The standard InChI is InChI=1S/C23H28N8O4S/c1-13(2)18(24)29-35-21(32)16-12-36-20-17(16)19(27-22(25)28-20)30-8-10-31(11-9-30)23(33)26-14-4-6-15(34-3)7-5-14/h4-7,12-13H,8-11H2,1-3H3,(H2,24,29)(H,26,33)(H2,25,27,28). The molecule has 13 heteroatoms. The van der Waals surface area contributed by atoms with Crippen molar-refractivity contribution in [3.63, 3.8) is 0 Å². The van der Waals surface area contributed by atoms with E-state index in [0.717, 1.165) is 0 Å². The van der Waals surface area contributed by atoms with E-state index in [1.54, 1.807) is 41.7 Å².